The second kappa shape index (κ2) is 7.46. The number of imidazole rings is 1. The molecular weight excluding hydrogens is 358 g/mol. The topological polar surface area (TPSA) is 82.2 Å². The van der Waals surface area contributed by atoms with Crippen LogP contribution in [0.15, 0.2) is 41.5 Å². The third-order valence-electron chi connectivity index (χ3n) is 5.44. The Morgan fingerprint density at radius 3 is 2.68 bits per heavy atom. The highest BCUT2D eigenvalue weighted by atomic mass is 16.5. The minimum absolute atomic E-state index is 0.0161. The first-order valence-corrected chi connectivity index (χ1v) is 9.38. The fraction of sp³-hybridized carbons (Fsp3) is 0.400. The van der Waals surface area contributed by atoms with Crippen molar-refractivity contribution in [1.29, 1.82) is 0 Å². The summed E-state index contributed by atoms with van der Waals surface area (Å²) in [6, 6.07) is 7.18. The number of fused-ring (bicyclic) bond motifs is 1. The van der Waals surface area contributed by atoms with Gasteiger partial charge in [0, 0.05) is 45.1 Å². The molecule has 1 saturated heterocycles. The number of aromatic nitrogens is 4. The van der Waals surface area contributed by atoms with Gasteiger partial charge in [-0.2, -0.15) is 0 Å². The maximum atomic E-state index is 12.7. The van der Waals surface area contributed by atoms with Crippen molar-refractivity contribution in [2.24, 2.45) is 13.0 Å². The zero-order valence-electron chi connectivity index (χ0n) is 16.0. The molecule has 146 valence electrons. The predicted molar refractivity (Wildman–Crippen MR) is 104 cm³/mol. The van der Waals surface area contributed by atoms with Gasteiger partial charge in [-0.3, -0.25) is 13.9 Å². The Labute approximate surface area is 162 Å². The predicted octanol–water partition coefficient (Wildman–Crippen LogP) is 1.69. The van der Waals surface area contributed by atoms with E-state index in [9.17, 15) is 9.59 Å². The molecule has 1 fully saturated rings. The van der Waals surface area contributed by atoms with Crippen LogP contribution in [0.1, 0.15) is 23.2 Å². The third-order valence-corrected chi connectivity index (χ3v) is 5.44. The molecule has 3 aromatic rings. The standard InChI is InChI=1S/C20H23N5O3/c1-23-16-4-3-9-21-18(16)25(20(23)27)13-14-7-10-24(11-8-14)19(26)15-5-6-17(28-2)22-12-15/h3-6,9,12,14H,7-8,10-11,13H2,1-2H3. The summed E-state index contributed by atoms with van der Waals surface area (Å²) in [7, 11) is 3.32. The number of rotatable bonds is 4. The Balaban J connectivity index is 1.43. The normalized spacial score (nSPS) is 15.1. The number of amides is 1. The summed E-state index contributed by atoms with van der Waals surface area (Å²) in [5, 5.41) is 0. The number of methoxy groups -OCH3 is 1. The lowest BCUT2D eigenvalue weighted by atomic mass is 9.96. The van der Waals surface area contributed by atoms with E-state index >= 15 is 0 Å². The van der Waals surface area contributed by atoms with Gasteiger partial charge in [-0.05, 0) is 37.0 Å². The van der Waals surface area contributed by atoms with E-state index in [-0.39, 0.29) is 11.6 Å². The van der Waals surface area contributed by atoms with Crippen LogP contribution in [0.3, 0.4) is 0 Å². The van der Waals surface area contributed by atoms with Gasteiger partial charge in [0.1, 0.15) is 0 Å². The maximum Gasteiger partial charge on any atom is 0.330 e. The van der Waals surface area contributed by atoms with Crippen LogP contribution < -0.4 is 10.4 Å². The van der Waals surface area contributed by atoms with Crippen molar-refractivity contribution in [3.05, 3.63) is 52.7 Å². The van der Waals surface area contributed by atoms with Crippen LogP contribution in [0.25, 0.3) is 11.2 Å². The Morgan fingerprint density at radius 1 is 1.21 bits per heavy atom. The van der Waals surface area contributed by atoms with Gasteiger partial charge in [0.05, 0.1) is 18.2 Å². The Morgan fingerprint density at radius 2 is 2.00 bits per heavy atom. The third kappa shape index (κ3) is 3.26. The van der Waals surface area contributed by atoms with Gasteiger partial charge >= 0.3 is 5.69 Å². The van der Waals surface area contributed by atoms with Crippen LogP contribution >= 0.6 is 0 Å². The fourth-order valence-electron chi connectivity index (χ4n) is 3.78. The van der Waals surface area contributed by atoms with Gasteiger partial charge in [0.15, 0.2) is 5.65 Å². The molecule has 0 saturated carbocycles. The molecule has 1 aliphatic heterocycles. The number of carbonyl (C=O) groups is 1. The van der Waals surface area contributed by atoms with E-state index in [1.165, 1.54) is 0 Å². The van der Waals surface area contributed by atoms with Gasteiger partial charge in [-0.25, -0.2) is 14.8 Å². The highest BCUT2D eigenvalue weighted by Gasteiger charge is 2.25. The number of ether oxygens (including phenoxy) is 1. The summed E-state index contributed by atoms with van der Waals surface area (Å²) in [4.78, 5) is 35.6. The van der Waals surface area contributed by atoms with Crippen LogP contribution in [0.4, 0.5) is 0 Å². The first-order valence-electron chi connectivity index (χ1n) is 9.38. The molecule has 8 heteroatoms. The summed E-state index contributed by atoms with van der Waals surface area (Å²) in [6.07, 6.45) is 4.97. The summed E-state index contributed by atoms with van der Waals surface area (Å²) in [5.41, 5.74) is 2.08. The SMILES string of the molecule is COc1ccc(C(=O)N2CCC(Cn3c(=O)n(C)c4cccnc43)CC2)cn1. The number of likely N-dealkylation sites (tertiary alicyclic amines) is 1. The summed E-state index contributed by atoms with van der Waals surface area (Å²) >= 11 is 0. The number of aryl methyl sites for hydroxylation is 1. The molecule has 0 atom stereocenters. The Bertz CT molecular complexity index is 1050. The highest BCUT2D eigenvalue weighted by Crippen LogP contribution is 2.22. The monoisotopic (exact) mass is 381 g/mol. The molecule has 0 spiro atoms. The van der Waals surface area contributed by atoms with E-state index in [1.54, 1.807) is 47.8 Å². The van der Waals surface area contributed by atoms with E-state index < -0.39 is 0 Å². The fourth-order valence-corrected chi connectivity index (χ4v) is 3.78. The van der Waals surface area contributed by atoms with Crippen LogP contribution in [0.5, 0.6) is 5.88 Å². The number of nitrogens with zero attached hydrogens (tertiary/aromatic N) is 5. The summed E-state index contributed by atoms with van der Waals surface area (Å²) in [6.45, 7) is 1.96. The summed E-state index contributed by atoms with van der Waals surface area (Å²) < 4.78 is 8.43. The quantitative estimate of drug-likeness (QED) is 0.687. The molecule has 3 aromatic heterocycles. The van der Waals surface area contributed by atoms with Gasteiger partial charge in [-0.1, -0.05) is 0 Å². The van der Waals surface area contributed by atoms with Crippen molar-refractivity contribution in [3.63, 3.8) is 0 Å². The second-order valence-electron chi connectivity index (χ2n) is 7.12. The zero-order chi connectivity index (χ0) is 19.7. The molecule has 0 unspecified atom stereocenters. The van der Waals surface area contributed by atoms with Crippen molar-refractivity contribution < 1.29 is 9.53 Å². The van der Waals surface area contributed by atoms with Crippen molar-refractivity contribution in [1.82, 2.24) is 24.0 Å². The van der Waals surface area contributed by atoms with Gasteiger partial charge < -0.3 is 9.64 Å². The van der Waals surface area contributed by atoms with E-state index in [2.05, 4.69) is 9.97 Å². The summed E-state index contributed by atoms with van der Waals surface area (Å²) in [5.74, 6) is 0.811. The number of carbonyl (C=O) groups excluding carboxylic acids is 1. The van der Waals surface area contributed by atoms with E-state index in [4.69, 9.17) is 4.74 Å². The number of pyridine rings is 2. The number of piperidine rings is 1. The van der Waals surface area contributed by atoms with Crippen molar-refractivity contribution in [2.45, 2.75) is 19.4 Å². The lowest BCUT2D eigenvalue weighted by Crippen LogP contribution is -2.40. The molecule has 28 heavy (non-hydrogen) atoms. The minimum Gasteiger partial charge on any atom is -0.481 e. The number of hydrogen-bond donors (Lipinski definition) is 0. The lowest BCUT2D eigenvalue weighted by Gasteiger charge is -2.32. The molecule has 4 heterocycles. The van der Waals surface area contributed by atoms with E-state index in [0.717, 1.165) is 24.0 Å². The van der Waals surface area contributed by atoms with Gasteiger partial charge in [-0.15, -0.1) is 0 Å². The van der Waals surface area contributed by atoms with Crippen molar-refractivity contribution in [2.75, 3.05) is 20.2 Å². The van der Waals surface area contributed by atoms with Crippen molar-refractivity contribution >= 4 is 17.1 Å². The minimum atomic E-state index is -0.0449. The van der Waals surface area contributed by atoms with Crippen LogP contribution in [0, 0.1) is 5.92 Å². The van der Waals surface area contributed by atoms with Crippen LogP contribution in [-0.4, -0.2) is 50.1 Å². The first-order chi connectivity index (χ1) is 13.6. The molecular formula is C20H23N5O3. The van der Waals surface area contributed by atoms with Gasteiger partial charge in [0.2, 0.25) is 5.88 Å². The van der Waals surface area contributed by atoms with E-state index in [1.807, 2.05) is 17.0 Å². The molecule has 0 bridgehead atoms. The average molecular weight is 381 g/mol. The first kappa shape index (κ1) is 18.2. The lowest BCUT2D eigenvalue weighted by molar-refractivity contribution is 0.0682. The molecule has 0 aliphatic carbocycles. The molecule has 4 rings (SSSR count). The zero-order valence-corrected chi connectivity index (χ0v) is 16.0. The molecule has 1 amide bonds. The number of hydrogen-bond acceptors (Lipinski definition) is 5. The second-order valence-corrected chi connectivity index (χ2v) is 7.12. The van der Waals surface area contributed by atoms with E-state index in [0.29, 0.717) is 37.0 Å². The molecule has 0 radical (unpaired) electrons. The molecule has 8 nitrogen and oxygen atoms in total. The Kier molecular flexibility index (Phi) is 4.85. The Hall–Kier alpha value is -3.16. The smallest absolute Gasteiger partial charge is 0.330 e. The van der Waals surface area contributed by atoms with Crippen molar-refractivity contribution in [3.8, 4) is 5.88 Å². The van der Waals surface area contributed by atoms with Crippen LogP contribution in [-0.2, 0) is 13.6 Å². The maximum absolute atomic E-state index is 12.7. The average Bonchev–Trinajstić information content (AvgIpc) is 2.99. The van der Waals surface area contributed by atoms with Crippen LogP contribution in [0.2, 0.25) is 0 Å². The molecule has 0 aromatic carbocycles. The molecule has 0 N–H and O–H groups in total. The highest BCUT2D eigenvalue weighted by molar-refractivity contribution is 5.94. The largest absolute Gasteiger partial charge is 0.481 e. The molecule has 1 aliphatic rings. The van der Waals surface area contributed by atoms with Gasteiger partial charge in [0.25, 0.3) is 5.91 Å².